The highest BCUT2D eigenvalue weighted by atomic mass is 16.2. The molecule has 152 valence electrons. The smallest absolute Gasteiger partial charge is 0.254 e. The summed E-state index contributed by atoms with van der Waals surface area (Å²) in [6.45, 7) is 16.5. The average molecular weight is 384 g/mol. The van der Waals surface area contributed by atoms with E-state index in [1.54, 1.807) is 0 Å². The van der Waals surface area contributed by atoms with E-state index in [9.17, 15) is 4.79 Å². The van der Waals surface area contributed by atoms with E-state index in [2.05, 4.69) is 44.4 Å². The van der Waals surface area contributed by atoms with Crippen LogP contribution in [-0.4, -0.2) is 62.7 Å². The SMILES string of the molecule is Cc1nn(C(C)(C)C)c2nc(C(C)C)cc(C(=O)N3CCN4CCCC4C3)c12. The summed E-state index contributed by atoms with van der Waals surface area (Å²) >= 11 is 0. The summed E-state index contributed by atoms with van der Waals surface area (Å²) in [4.78, 5) is 23.1. The molecule has 0 N–H and O–H groups in total. The fourth-order valence-electron chi connectivity index (χ4n) is 4.59. The van der Waals surface area contributed by atoms with E-state index in [1.165, 1.54) is 19.4 Å². The minimum Gasteiger partial charge on any atom is -0.336 e. The van der Waals surface area contributed by atoms with Crippen LogP contribution in [0.3, 0.4) is 0 Å². The third-order valence-electron chi connectivity index (χ3n) is 6.16. The van der Waals surface area contributed by atoms with Crippen molar-refractivity contribution in [3.05, 3.63) is 23.0 Å². The fraction of sp³-hybridized carbons (Fsp3) is 0.682. The largest absolute Gasteiger partial charge is 0.336 e. The Hall–Kier alpha value is -1.95. The molecule has 2 aliphatic rings. The molecule has 0 saturated carbocycles. The van der Waals surface area contributed by atoms with Crippen molar-refractivity contribution in [1.82, 2.24) is 24.6 Å². The molecule has 2 aromatic rings. The lowest BCUT2D eigenvalue weighted by atomic mass is 10.0. The van der Waals surface area contributed by atoms with Crippen LogP contribution in [0.4, 0.5) is 0 Å². The van der Waals surface area contributed by atoms with Gasteiger partial charge in [-0.2, -0.15) is 5.10 Å². The first-order chi connectivity index (χ1) is 13.2. The molecule has 1 atom stereocenters. The lowest BCUT2D eigenvalue weighted by molar-refractivity contribution is 0.0573. The maximum absolute atomic E-state index is 13.6. The number of hydrogen-bond donors (Lipinski definition) is 0. The maximum atomic E-state index is 13.6. The first kappa shape index (κ1) is 19.4. The van der Waals surface area contributed by atoms with Crippen molar-refractivity contribution in [3.8, 4) is 0 Å². The molecule has 0 spiro atoms. The number of rotatable bonds is 2. The van der Waals surface area contributed by atoms with Gasteiger partial charge in [0, 0.05) is 31.4 Å². The monoisotopic (exact) mass is 383 g/mol. The van der Waals surface area contributed by atoms with E-state index in [1.807, 2.05) is 17.7 Å². The number of carbonyl (C=O) groups excluding carboxylic acids is 1. The van der Waals surface area contributed by atoms with Crippen LogP contribution in [0.5, 0.6) is 0 Å². The molecule has 6 nitrogen and oxygen atoms in total. The lowest BCUT2D eigenvalue weighted by Gasteiger charge is -2.37. The second-order valence-electron chi connectivity index (χ2n) is 9.70. The Morgan fingerprint density at radius 1 is 1.21 bits per heavy atom. The van der Waals surface area contributed by atoms with Crippen molar-refractivity contribution < 1.29 is 4.79 Å². The van der Waals surface area contributed by atoms with Crippen molar-refractivity contribution in [2.75, 3.05) is 26.2 Å². The van der Waals surface area contributed by atoms with Gasteiger partial charge < -0.3 is 4.90 Å². The summed E-state index contributed by atoms with van der Waals surface area (Å²) in [5, 5.41) is 5.69. The summed E-state index contributed by atoms with van der Waals surface area (Å²) in [7, 11) is 0. The third kappa shape index (κ3) is 3.21. The Balaban J connectivity index is 1.81. The van der Waals surface area contributed by atoms with Gasteiger partial charge in [0.2, 0.25) is 0 Å². The predicted octanol–water partition coefficient (Wildman–Crippen LogP) is 3.54. The van der Waals surface area contributed by atoms with Crippen LogP contribution in [0.1, 0.15) is 75.1 Å². The highest BCUT2D eigenvalue weighted by Crippen LogP contribution is 2.30. The minimum absolute atomic E-state index is 0.136. The molecule has 28 heavy (non-hydrogen) atoms. The van der Waals surface area contributed by atoms with E-state index in [0.717, 1.165) is 47.6 Å². The number of piperazine rings is 1. The zero-order valence-corrected chi connectivity index (χ0v) is 18.1. The second kappa shape index (κ2) is 6.83. The van der Waals surface area contributed by atoms with Crippen molar-refractivity contribution in [2.45, 2.75) is 71.9 Å². The minimum atomic E-state index is -0.190. The summed E-state index contributed by atoms with van der Waals surface area (Å²) in [6.07, 6.45) is 2.45. The highest BCUT2D eigenvalue weighted by molar-refractivity contribution is 6.06. The molecule has 4 rings (SSSR count). The Morgan fingerprint density at radius 2 is 1.96 bits per heavy atom. The number of carbonyl (C=O) groups is 1. The van der Waals surface area contributed by atoms with Crippen molar-refractivity contribution in [1.29, 1.82) is 0 Å². The van der Waals surface area contributed by atoms with Crippen molar-refractivity contribution in [3.63, 3.8) is 0 Å². The van der Waals surface area contributed by atoms with E-state index in [-0.39, 0.29) is 17.4 Å². The van der Waals surface area contributed by atoms with Crippen molar-refractivity contribution in [2.24, 2.45) is 0 Å². The Morgan fingerprint density at radius 3 is 2.64 bits per heavy atom. The topological polar surface area (TPSA) is 54.3 Å². The summed E-state index contributed by atoms with van der Waals surface area (Å²) in [5.74, 6) is 0.392. The molecule has 2 fully saturated rings. The molecule has 1 unspecified atom stereocenters. The van der Waals surface area contributed by atoms with Crippen LogP contribution in [0.25, 0.3) is 11.0 Å². The summed E-state index contributed by atoms with van der Waals surface area (Å²) < 4.78 is 1.98. The Labute approximate surface area is 167 Å². The van der Waals surface area contributed by atoms with Gasteiger partial charge in [-0.3, -0.25) is 9.69 Å². The average Bonchev–Trinajstić information content (AvgIpc) is 3.23. The number of nitrogens with zero attached hydrogens (tertiary/aromatic N) is 5. The maximum Gasteiger partial charge on any atom is 0.254 e. The zero-order valence-electron chi connectivity index (χ0n) is 18.1. The van der Waals surface area contributed by atoms with Crippen LogP contribution < -0.4 is 0 Å². The van der Waals surface area contributed by atoms with Gasteiger partial charge in [0.15, 0.2) is 5.65 Å². The number of aryl methyl sites for hydroxylation is 1. The van der Waals surface area contributed by atoms with Crippen LogP contribution >= 0.6 is 0 Å². The van der Waals surface area contributed by atoms with E-state index >= 15 is 0 Å². The van der Waals surface area contributed by atoms with Crippen LogP contribution in [0.15, 0.2) is 6.07 Å². The molecule has 2 aromatic heterocycles. The number of pyridine rings is 1. The van der Waals surface area contributed by atoms with Gasteiger partial charge in [-0.15, -0.1) is 0 Å². The van der Waals surface area contributed by atoms with Gasteiger partial charge in [0.1, 0.15) is 0 Å². The van der Waals surface area contributed by atoms with Crippen molar-refractivity contribution >= 4 is 16.9 Å². The molecule has 0 radical (unpaired) electrons. The Kier molecular flexibility index (Phi) is 4.73. The molecule has 2 aliphatic heterocycles. The van der Waals surface area contributed by atoms with Gasteiger partial charge in [-0.05, 0) is 59.1 Å². The predicted molar refractivity (Wildman–Crippen MR) is 112 cm³/mol. The van der Waals surface area contributed by atoms with E-state index in [0.29, 0.717) is 6.04 Å². The standard InChI is InChI=1S/C22H33N5O/c1-14(2)18-12-17(19-15(3)24-27(20(19)23-18)22(4,5)6)21(28)26-11-10-25-9-7-8-16(25)13-26/h12,14,16H,7-11,13H2,1-6H3. The molecule has 0 aliphatic carbocycles. The van der Waals surface area contributed by atoms with Gasteiger partial charge in [-0.1, -0.05) is 13.8 Å². The number of hydrogen-bond acceptors (Lipinski definition) is 4. The highest BCUT2D eigenvalue weighted by Gasteiger charge is 2.34. The molecule has 1 amide bonds. The molecule has 4 heterocycles. The van der Waals surface area contributed by atoms with E-state index < -0.39 is 0 Å². The van der Waals surface area contributed by atoms with E-state index in [4.69, 9.17) is 10.1 Å². The molecule has 6 heteroatoms. The first-order valence-electron chi connectivity index (χ1n) is 10.6. The summed E-state index contributed by atoms with van der Waals surface area (Å²) in [5.41, 5.74) is 3.26. The van der Waals surface area contributed by atoms with Crippen LogP contribution in [0, 0.1) is 6.92 Å². The first-order valence-corrected chi connectivity index (χ1v) is 10.6. The van der Waals surface area contributed by atoms with Gasteiger partial charge in [0.05, 0.1) is 22.2 Å². The third-order valence-corrected chi connectivity index (χ3v) is 6.16. The quantitative estimate of drug-likeness (QED) is 0.796. The van der Waals surface area contributed by atoms with Crippen LogP contribution in [-0.2, 0) is 5.54 Å². The molecule has 2 saturated heterocycles. The van der Waals surface area contributed by atoms with Gasteiger partial charge >= 0.3 is 0 Å². The molecular formula is C22H33N5O. The fourth-order valence-corrected chi connectivity index (χ4v) is 4.59. The number of fused-ring (bicyclic) bond motifs is 2. The molecular weight excluding hydrogens is 350 g/mol. The number of amides is 1. The normalized spacial score (nSPS) is 21.0. The number of aromatic nitrogens is 3. The second-order valence-corrected chi connectivity index (χ2v) is 9.70. The molecule has 0 bridgehead atoms. The molecule has 0 aromatic carbocycles. The van der Waals surface area contributed by atoms with Crippen LogP contribution in [0.2, 0.25) is 0 Å². The lowest BCUT2D eigenvalue weighted by Crippen LogP contribution is -2.52. The summed E-state index contributed by atoms with van der Waals surface area (Å²) in [6, 6.07) is 2.54. The van der Waals surface area contributed by atoms with Gasteiger partial charge in [-0.25, -0.2) is 9.67 Å². The van der Waals surface area contributed by atoms with Gasteiger partial charge in [0.25, 0.3) is 5.91 Å². The Bertz CT molecular complexity index is 908. The zero-order chi connectivity index (χ0) is 20.2.